The molecule has 0 aliphatic rings. The Morgan fingerprint density at radius 1 is 1.20 bits per heavy atom. The second kappa shape index (κ2) is 7.60. The third-order valence-corrected chi connectivity index (χ3v) is 3.07. The van der Waals surface area contributed by atoms with Crippen LogP contribution in [0.3, 0.4) is 0 Å². The van der Waals surface area contributed by atoms with E-state index in [1.807, 2.05) is 31.2 Å². The molecule has 0 aromatic carbocycles. The molecule has 0 spiro atoms. The maximum atomic E-state index is 5.68. The van der Waals surface area contributed by atoms with E-state index in [9.17, 15) is 0 Å². The molecule has 0 saturated carbocycles. The van der Waals surface area contributed by atoms with E-state index >= 15 is 0 Å². The van der Waals surface area contributed by atoms with E-state index in [1.54, 1.807) is 6.20 Å². The van der Waals surface area contributed by atoms with E-state index in [0.29, 0.717) is 12.5 Å². The predicted octanol–water partition coefficient (Wildman–Crippen LogP) is 2.52. The van der Waals surface area contributed by atoms with Crippen LogP contribution in [0.2, 0.25) is 0 Å². The van der Waals surface area contributed by atoms with Gasteiger partial charge >= 0.3 is 0 Å². The lowest BCUT2D eigenvalue weighted by Gasteiger charge is -2.09. The first-order valence-corrected chi connectivity index (χ1v) is 6.99. The predicted molar refractivity (Wildman–Crippen MR) is 79.8 cm³/mol. The molecule has 0 aliphatic heterocycles. The number of pyridine rings is 2. The van der Waals surface area contributed by atoms with Crippen LogP contribution in [0.15, 0.2) is 36.5 Å². The van der Waals surface area contributed by atoms with Crippen LogP contribution in [0.25, 0.3) is 0 Å². The van der Waals surface area contributed by atoms with E-state index < -0.39 is 0 Å². The number of nitrogens with zero attached hydrogens (tertiary/aromatic N) is 2. The summed E-state index contributed by atoms with van der Waals surface area (Å²) in [6.45, 7) is 6.51. The first-order valence-electron chi connectivity index (χ1n) is 6.99. The van der Waals surface area contributed by atoms with Crippen molar-refractivity contribution in [3.63, 3.8) is 0 Å². The number of aromatic nitrogens is 2. The van der Waals surface area contributed by atoms with E-state index in [2.05, 4.69) is 28.3 Å². The van der Waals surface area contributed by atoms with E-state index in [0.717, 1.165) is 30.9 Å². The van der Waals surface area contributed by atoms with E-state index in [-0.39, 0.29) is 0 Å². The standard InChI is InChI=1S/C16H21N3O/c1-3-17-12-14-7-8-16(19-13(14)2)20-11-9-15-6-4-5-10-18-15/h4-8,10,17H,3,9,11-12H2,1-2H3. The summed E-state index contributed by atoms with van der Waals surface area (Å²) >= 11 is 0. The quantitative estimate of drug-likeness (QED) is 0.840. The van der Waals surface area contributed by atoms with Gasteiger partial charge in [0.15, 0.2) is 0 Å². The first kappa shape index (κ1) is 14.5. The second-order valence-corrected chi connectivity index (χ2v) is 4.59. The van der Waals surface area contributed by atoms with Gasteiger partial charge in [0.05, 0.1) is 6.61 Å². The van der Waals surface area contributed by atoms with Crippen LogP contribution in [-0.4, -0.2) is 23.1 Å². The Hall–Kier alpha value is -1.94. The van der Waals surface area contributed by atoms with Crippen molar-refractivity contribution >= 4 is 0 Å². The van der Waals surface area contributed by atoms with Crippen molar-refractivity contribution in [2.45, 2.75) is 26.8 Å². The van der Waals surface area contributed by atoms with Gasteiger partial charge < -0.3 is 10.1 Å². The largest absolute Gasteiger partial charge is 0.477 e. The lowest BCUT2D eigenvalue weighted by Crippen LogP contribution is -2.13. The van der Waals surface area contributed by atoms with E-state index in [4.69, 9.17) is 4.74 Å². The summed E-state index contributed by atoms with van der Waals surface area (Å²) in [6, 6.07) is 9.90. The van der Waals surface area contributed by atoms with Gasteiger partial charge in [-0.3, -0.25) is 4.98 Å². The van der Waals surface area contributed by atoms with Crippen LogP contribution >= 0.6 is 0 Å². The number of rotatable bonds is 7. The van der Waals surface area contributed by atoms with Crippen molar-refractivity contribution in [1.29, 1.82) is 0 Å². The van der Waals surface area contributed by atoms with Gasteiger partial charge in [0.25, 0.3) is 0 Å². The Balaban J connectivity index is 1.85. The minimum absolute atomic E-state index is 0.593. The van der Waals surface area contributed by atoms with Gasteiger partial charge in [-0.1, -0.05) is 19.1 Å². The van der Waals surface area contributed by atoms with E-state index in [1.165, 1.54) is 5.56 Å². The first-order chi connectivity index (χ1) is 9.79. The van der Waals surface area contributed by atoms with Crippen LogP contribution < -0.4 is 10.1 Å². The molecule has 4 heteroatoms. The number of hydrogen-bond acceptors (Lipinski definition) is 4. The monoisotopic (exact) mass is 271 g/mol. The Labute approximate surface area is 120 Å². The van der Waals surface area contributed by atoms with Crippen molar-refractivity contribution in [3.8, 4) is 5.88 Å². The molecule has 0 atom stereocenters. The van der Waals surface area contributed by atoms with Crippen molar-refractivity contribution in [2.24, 2.45) is 0 Å². The summed E-state index contributed by atoms with van der Waals surface area (Å²) in [7, 11) is 0. The normalized spacial score (nSPS) is 10.5. The fourth-order valence-corrected chi connectivity index (χ4v) is 1.90. The molecule has 20 heavy (non-hydrogen) atoms. The summed E-state index contributed by atoms with van der Waals surface area (Å²) in [5, 5.41) is 3.30. The highest BCUT2D eigenvalue weighted by Gasteiger charge is 2.02. The third-order valence-electron chi connectivity index (χ3n) is 3.07. The second-order valence-electron chi connectivity index (χ2n) is 4.59. The van der Waals surface area contributed by atoms with Crippen molar-refractivity contribution in [1.82, 2.24) is 15.3 Å². The fourth-order valence-electron chi connectivity index (χ4n) is 1.90. The summed E-state index contributed by atoms with van der Waals surface area (Å²) in [5.41, 5.74) is 3.26. The molecule has 2 rings (SSSR count). The van der Waals surface area contributed by atoms with Crippen molar-refractivity contribution in [3.05, 3.63) is 53.5 Å². The molecule has 0 saturated heterocycles. The minimum atomic E-state index is 0.593. The van der Waals surface area contributed by atoms with Gasteiger partial charge in [-0.2, -0.15) is 0 Å². The van der Waals surface area contributed by atoms with Crippen LogP contribution in [0.5, 0.6) is 5.88 Å². The zero-order valence-electron chi connectivity index (χ0n) is 12.1. The van der Waals surface area contributed by atoms with Gasteiger partial charge in [-0.15, -0.1) is 0 Å². The lowest BCUT2D eigenvalue weighted by molar-refractivity contribution is 0.307. The third kappa shape index (κ3) is 4.31. The van der Waals surface area contributed by atoms with Crippen LogP contribution in [0, 0.1) is 6.92 Å². The Morgan fingerprint density at radius 2 is 2.10 bits per heavy atom. The molecule has 1 N–H and O–H groups in total. The van der Waals surface area contributed by atoms with Crippen molar-refractivity contribution < 1.29 is 4.74 Å². The summed E-state index contributed by atoms with van der Waals surface area (Å²) in [4.78, 5) is 8.74. The van der Waals surface area contributed by atoms with Gasteiger partial charge in [-0.05, 0) is 31.2 Å². The highest BCUT2D eigenvalue weighted by atomic mass is 16.5. The number of nitrogens with one attached hydrogen (secondary N) is 1. The fraction of sp³-hybridized carbons (Fsp3) is 0.375. The molecule has 0 bridgehead atoms. The molecule has 4 nitrogen and oxygen atoms in total. The van der Waals surface area contributed by atoms with Gasteiger partial charge in [0.2, 0.25) is 5.88 Å². The molecule has 0 fully saturated rings. The molecule has 0 amide bonds. The molecular weight excluding hydrogens is 250 g/mol. The zero-order chi connectivity index (χ0) is 14.2. The topological polar surface area (TPSA) is 47.0 Å². The Kier molecular flexibility index (Phi) is 5.50. The van der Waals surface area contributed by atoms with Crippen LogP contribution in [-0.2, 0) is 13.0 Å². The molecule has 0 radical (unpaired) electrons. The van der Waals surface area contributed by atoms with Crippen LogP contribution in [0.1, 0.15) is 23.9 Å². The van der Waals surface area contributed by atoms with Gasteiger partial charge in [-0.25, -0.2) is 4.98 Å². The molecule has 0 aliphatic carbocycles. The molecule has 2 heterocycles. The van der Waals surface area contributed by atoms with Crippen molar-refractivity contribution in [2.75, 3.05) is 13.2 Å². The number of ether oxygens (including phenoxy) is 1. The van der Waals surface area contributed by atoms with Gasteiger partial charge in [0, 0.05) is 36.6 Å². The zero-order valence-corrected chi connectivity index (χ0v) is 12.1. The summed E-state index contributed by atoms with van der Waals surface area (Å²) in [5.74, 6) is 0.679. The highest BCUT2D eigenvalue weighted by Crippen LogP contribution is 2.12. The Morgan fingerprint density at radius 3 is 2.80 bits per heavy atom. The highest BCUT2D eigenvalue weighted by molar-refractivity contribution is 5.24. The lowest BCUT2D eigenvalue weighted by atomic mass is 10.2. The molecule has 106 valence electrons. The molecular formula is C16H21N3O. The maximum Gasteiger partial charge on any atom is 0.213 e. The summed E-state index contributed by atoms with van der Waals surface area (Å²) in [6.07, 6.45) is 2.59. The SMILES string of the molecule is CCNCc1ccc(OCCc2ccccn2)nc1C. The molecule has 2 aromatic heterocycles. The number of hydrogen-bond donors (Lipinski definition) is 1. The number of aryl methyl sites for hydroxylation is 1. The average molecular weight is 271 g/mol. The molecule has 2 aromatic rings. The Bertz CT molecular complexity index is 529. The van der Waals surface area contributed by atoms with Crippen LogP contribution in [0.4, 0.5) is 0 Å². The smallest absolute Gasteiger partial charge is 0.213 e. The molecule has 0 unspecified atom stereocenters. The van der Waals surface area contributed by atoms with Gasteiger partial charge in [0.1, 0.15) is 0 Å². The minimum Gasteiger partial charge on any atom is -0.477 e. The summed E-state index contributed by atoms with van der Waals surface area (Å²) < 4.78 is 5.68. The maximum absolute atomic E-state index is 5.68. The average Bonchev–Trinajstić information content (AvgIpc) is 2.47.